The van der Waals surface area contributed by atoms with Gasteiger partial charge in [0.15, 0.2) is 0 Å². The van der Waals surface area contributed by atoms with Crippen molar-refractivity contribution in [3.63, 3.8) is 0 Å². The van der Waals surface area contributed by atoms with Crippen LogP contribution in [0.4, 0.5) is 0 Å². The molecule has 1 aromatic carbocycles. The number of hydrogen-bond acceptors (Lipinski definition) is 5. The number of amides is 1. The maximum absolute atomic E-state index is 12.7. The van der Waals surface area contributed by atoms with Crippen LogP contribution in [0.3, 0.4) is 0 Å². The van der Waals surface area contributed by atoms with Gasteiger partial charge in [0.2, 0.25) is 0 Å². The molecule has 0 radical (unpaired) electrons. The second kappa shape index (κ2) is 8.84. The summed E-state index contributed by atoms with van der Waals surface area (Å²) < 4.78 is 10.4. The smallest absolute Gasteiger partial charge is 0.326 e. The predicted molar refractivity (Wildman–Crippen MR) is 91.9 cm³/mol. The minimum atomic E-state index is -0.719. The van der Waals surface area contributed by atoms with E-state index in [2.05, 4.69) is 4.98 Å². The van der Waals surface area contributed by atoms with Crippen LogP contribution in [0.5, 0.6) is 5.75 Å². The van der Waals surface area contributed by atoms with E-state index in [0.29, 0.717) is 26.3 Å². The normalized spacial score (nSPS) is 10.5. The van der Waals surface area contributed by atoms with Crippen molar-refractivity contribution >= 4 is 5.91 Å². The van der Waals surface area contributed by atoms with Crippen LogP contribution in [0.2, 0.25) is 0 Å². The molecule has 0 fully saturated rings. The Labute approximate surface area is 144 Å². The van der Waals surface area contributed by atoms with Crippen molar-refractivity contribution in [3.8, 4) is 5.75 Å². The highest BCUT2D eigenvalue weighted by Gasteiger charge is 2.17. The minimum Gasteiger partial charge on any atom is -0.494 e. The van der Waals surface area contributed by atoms with Gasteiger partial charge in [-0.05, 0) is 24.6 Å². The van der Waals surface area contributed by atoms with Gasteiger partial charge in [0.05, 0.1) is 13.2 Å². The number of H-pyrrole nitrogens is 2. The number of ether oxygens (including phenoxy) is 2. The quantitative estimate of drug-likeness (QED) is 0.733. The predicted octanol–water partition coefficient (Wildman–Crippen LogP) is 0.751. The highest BCUT2D eigenvalue weighted by molar-refractivity contribution is 5.92. The number of methoxy groups -OCH3 is 1. The Bertz CT molecular complexity index is 782. The second-order valence-corrected chi connectivity index (χ2v) is 5.30. The molecule has 0 bridgehead atoms. The van der Waals surface area contributed by atoms with E-state index in [1.165, 1.54) is 12.0 Å². The maximum Gasteiger partial charge on any atom is 0.326 e. The van der Waals surface area contributed by atoms with E-state index in [0.717, 1.165) is 17.4 Å². The van der Waals surface area contributed by atoms with Crippen molar-refractivity contribution < 1.29 is 14.3 Å². The van der Waals surface area contributed by atoms with Crippen LogP contribution in [0, 0.1) is 0 Å². The van der Waals surface area contributed by atoms with Crippen LogP contribution in [0.15, 0.2) is 39.9 Å². The lowest BCUT2D eigenvalue weighted by Gasteiger charge is -2.22. The summed E-state index contributed by atoms with van der Waals surface area (Å²) in [5.74, 6) is 0.300. The first-order valence-electron chi connectivity index (χ1n) is 7.87. The molecule has 0 aliphatic carbocycles. The molecule has 2 N–H and O–H groups in total. The summed E-state index contributed by atoms with van der Waals surface area (Å²) in [5, 5.41) is 0. The molecule has 1 aromatic heterocycles. The molecular weight excluding hydrogens is 326 g/mol. The van der Waals surface area contributed by atoms with Crippen LogP contribution in [0.25, 0.3) is 0 Å². The van der Waals surface area contributed by atoms with Gasteiger partial charge < -0.3 is 19.4 Å². The fourth-order valence-corrected chi connectivity index (χ4v) is 2.29. The van der Waals surface area contributed by atoms with Gasteiger partial charge in [0, 0.05) is 26.3 Å². The van der Waals surface area contributed by atoms with Crippen molar-refractivity contribution in [2.24, 2.45) is 0 Å². The summed E-state index contributed by atoms with van der Waals surface area (Å²) in [5.41, 5.74) is -0.514. The monoisotopic (exact) mass is 347 g/mol. The van der Waals surface area contributed by atoms with Crippen molar-refractivity contribution in [2.45, 2.75) is 13.5 Å². The largest absolute Gasteiger partial charge is 0.494 e. The van der Waals surface area contributed by atoms with Crippen LogP contribution in [-0.2, 0) is 11.3 Å². The van der Waals surface area contributed by atoms with E-state index < -0.39 is 17.2 Å². The first-order valence-corrected chi connectivity index (χ1v) is 7.87. The van der Waals surface area contributed by atoms with Gasteiger partial charge in [-0.2, -0.15) is 0 Å². The molecule has 0 aliphatic rings. The first kappa shape index (κ1) is 18.5. The maximum atomic E-state index is 12.7. The molecule has 0 spiro atoms. The number of carbonyl (C=O) groups excluding carboxylic acids is 1. The Kier molecular flexibility index (Phi) is 6.53. The van der Waals surface area contributed by atoms with E-state index in [9.17, 15) is 14.4 Å². The molecular formula is C17H21N3O5. The zero-order chi connectivity index (χ0) is 18.2. The van der Waals surface area contributed by atoms with Gasteiger partial charge in [0.1, 0.15) is 11.4 Å². The molecule has 8 heteroatoms. The average molecular weight is 347 g/mol. The van der Waals surface area contributed by atoms with E-state index >= 15 is 0 Å². The number of rotatable bonds is 8. The number of aromatic amines is 2. The van der Waals surface area contributed by atoms with Gasteiger partial charge in [-0.3, -0.25) is 14.6 Å². The number of hydrogen-bond donors (Lipinski definition) is 2. The van der Waals surface area contributed by atoms with Crippen molar-refractivity contribution in [2.75, 3.05) is 26.9 Å². The summed E-state index contributed by atoms with van der Waals surface area (Å²) in [6.07, 6.45) is 0. The molecule has 1 heterocycles. The van der Waals surface area contributed by atoms with E-state index in [4.69, 9.17) is 9.47 Å². The van der Waals surface area contributed by atoms with Crippen molar-refractivity contribution in [1.29, 1.82) is 0 Å². The minimum absolute atomic E-state index is 0.0595. The van der Waals surface area contributed by atoms with Crippen molar-refractivity contribution in [3.05, 3.63) is 62.4 Å². The molecule has 8 nitrogen and oxygen atoms in total. The summed E-state index contributed by atoms with van der Waals surface area (Å²) in [6.45, 7) is 3.44. The summed E-state index contributed by atoms with van der Waals surface area (Å²) in [6, 6.07) is 8.44. The number of nitrogens with zero attached hydrogens (tertiary/aromatic N) is 1. The molecule has 1 amide bonds. The highest BCUT2D eigenvalue weighted by Crippen LogP contribution is 2.14. The number of carbonyl (C=O) groups is 1. The van der Waals surface area contributed by atoms with E-state index in [-0.39, 0.29) is 5.69 Å². The van der Waals surface area contributed by atoms with E-state index in [1.807, 2.05) is 36.2 Å². The topological polar surface area (TPSA) is 104 Å². The summed E-state index contributed by atoms with van der Waals surface area (Å²) in [7, 11) is 1.54. The van der Waals surface area contributed by atoms with Crippen LogP contribution >= 0.6 is 0 Å². The molecule has 0 atom stereocenters. The van der Waals surface area contributed by atoms with Gasteiger partial charge in [-0.25, -0.2) is 4.79 Å². The first-order chi connectivity index (χ1) is 12.0. The van der Waals surface area contributed by atoms with Crippen molar-refractivity contribution in [1.82, 2.24) is 14.9 Å². The Morgan fingerprint density at radius 1 is 1.16 bits per heavy atom. The molecule has 2 aromatic rings. The molecule has 134 valence electrons. The Morgan fingerprint density at radius 2 is 1.88 bits per heavy atom. The third kappa shape index (κ3) is 5.32. The average Bonchev–Trinajstić information content (AvgIpc) is 2.59. The third-order valence-electron chi connectivity index (χ3n) is 3.45. The SMILES string of the molecule is CCOc1ccc(CN(CCOC)C(=O)c2cc(=O)[nH]c(=O)[nH]2)cc1. The lowest BCUT2D eigenvalue weighted by Crippen LogP contribution is -2.36. The Balaban J connectivity index is 2.21. The van der Waals surface area contributed by atoms with Crippen LogP contribution in [0.1, 0.15) is 23.0 Å². The fraction of sp³-hybridized carbons (Fsp3) is 0.353. The third-order valence-corrected chi connectivity index (χ3v) is 3.45. The van der Waals surface area contributed by atoms with Gasteiger partial charge in [-0.1, -0.05) is 12.1 Å². The zero-order valence-corrected chi connectivity index (χ0v) is 14.2. The van der Waals surface area contributed by atoms with Gasteiger partial charge >= 0.3 is 5.69 Å². The zero-order valence-electron chi connectivity index (χ0n) is 14.2. The molecule has 0 saturated heterocycles. The van der Waals surface area contributed by atoms with Gasteiger partial charge in [0.25, 0.3) is 11.5 Å². The second-order valence-electron chi connectivity index (χ2n) is 5.30. The Hall–Kier alpha value is -2.87. The number of aromatic nitrogens is 2. The molecule has 2 rings (SSSR count). The van der Waals surface area contributed by atoms with Gasteiger partial charge in [-0.15, -0.1) is 0 Å². The van der Waals surface area contributed by atoms with Crippen LogP contribution < -0.4 is 16.0 Å². The number of benzene rings is 1. The Morgan fingerprint density at radius 3 is 2.48 bits per heavy atom. The number of nitrogens with one attached hydrogen (secondary N) is 2. The van der Waals surface area contributed by atoms with Crippen LogP contribution in [-0.4, -0.2) is 47.6 Å². The van der Waals surface area contributed by atoms with E-state index in [1.54, 1.807) is 0 Å². The molecule has 25 heavy (non-hydrogen) atoms. The molecule has 0 aliphatic heterocycles. The summed E-state index contributed by atoms with van der Waals surface area (Å²) >= 11 is 0. The standard InChI is InChI=1S/C17H21N3O5/c1-3-25-13-6-4-12(5-7-13)11-20(8-9-24-2)16(22)14-10-15(21)19-17(23)18-14/h4-7,10H,3,8-9,11H2,1-2H3,(H2,18,19,21,23). The molecule has 0 unspecified atom stereocenters. The summed E-state index contributed by atoms with van der Waals surface area (Å²) in [4.78, 5) is 41.4. The highest BCUT2D eigenvalue weighted by atomic mass is 16.5. The lowest BCUT2D eigenvalue weighted by molar-refractivity contribution is 0.0674. The molecule has 0 saturated carbocycles. The lowest BCUT2D eigenvalue weighted by atomic mass is 10.2. The fourth-order valence-electron chi connectivity index (χ4n) is 2.29.